The standard InChI is InChI=1S/C9H13BrN2O/c1-9(2)3-8(13-9)6-12-5-7(10)4-11-12/h4-5,8H,3,6H2,1-2H3. The number of rotatable bonds is 2. The monoisotopic (exact) mass is 244 g/mol. The van der Waals surface area contributed by atoms with Crippen molar-refractivity contribution in [2.75, 3.05) is 0 Å². The maximum Gasteiger partial charge on any atom is 0.0805 e. The highest BCUT2D eigenvalue weighted by atomic mass is 79.9. The zero-order chi connectivity index (χ0) is 9.47. The Morgan fingerprint density at radius 1 is 1.77 bits per heavy atom. The molecule has 0 aliphatic carbocycles. The molecule has 0 N–H and O–H groups in total. The van der Waals surface area contributed by atoms with Crippen LogP contribution in [0, 0.1) is 0 Å². The fourth-order valence-corrected chi connectivity index (χ4v) is 2.07. The van der Waals surface area contributed by atoms with Crippen LogP contribution in [0.2, 0.25) is 0 Å². The molecule has 1 unspecified atom stereocenters. The zero-order valence-electron chi connectivity index (χ0n) is 7.83. The van der Waals surface area contributed by atoms with E-state index in [1.54, 1.807) is 6.20 Å². The Morgan fingerprint density at radius 3 is 2.92 bits per heavy atom. The molecule has 0 aromatic carbocycles. The van der Waals surface area contributed by atoms with E-state index in [9.17, 15) is 0 Å². The third-order valence-corrected chi connectivity index (χ3v) is 2.61. The maximum atomic E-state index is 5.66. The molecule has 1 aliphatic rings. The molecule has 1 aliphatic heterocycles. The lowest BCUT2D eigenvalue weighted by Crippen LogP contribution is -2.47. The van der Waals surface area contributed by atoms with E-state index in [0.717, 1.165) is 17.4 Å². The van der Waals surface area contributed by atoms with Gasteiger partial charge in [0, 0.05) is 12.6 Å². The van der Waals surface area contributed by atoms with Crippen molar-refractivity contribution in [2.24, 2.45) is 0 Å². The molecule has 72 valence electrons. The van der Waals surface area contributed by atoms with Crippen molar-refractivity contribution in [1.82, 2.24) is 9.78 Å². The zero-order valence-corrected chi connectivity index (χ0v) is 9.41. The van der Waals surface area contributed by atoms with Crippen LogP contribution in [0.5, 0.6) is 0 Å². The predicted molar refractivity (Wildman–Crippen MR) is 53.5 cm³/mol. The molecule has 0 radical (unpaired) electrons. The molecule has 0 saturated carbocycles. The highest BCUT2D eigenvalue weighted by molar-refractivity contribution is 9.10. The molecule has 0 amide bonds. The van der Waals surface area contributed by atoms with Crippen LogP contribution in [0.15, 0.2) is 16.9 Å². The van der Waals surface area contributed by atoms with Gasteiger partial charge in [-0.05, 0) is 29.8 Å². The molecule has 1 fully saturated rings. The Bertz CT molecular complexity index is 300. The second kappa shape index (κ2) is 3.10. The van der Waals surface area contributed by atoms with Crippen LogP contribution in [0.4, 0.5) is 0 Å². The molecule has 3 nitrogen and oxygen atoms in total. The summed E-state index contributed by atoms with van der Waals surface area (Å²) in [5, 5.41) is 4.18. The summed E-state index contributed by atoms with van der Waals surface area (Å²) >= 11 is 3.36. The van der Waals surface area contributed by atoms with Crippen molar-refractivity contribution in [3.05, 3.63) is 16.9 Å². The molecule has 0 bridgehead atoms. The van der Waals surface area contributed by atoms with Crippen molar-refractivity contribution in [3.8, 4) is 0 Å². The quantitative estimate of drug-likeness (QED) is 0.798. The van der Waals surface area contributed by atoms with Gasteiger partial charge in [0.05, 0.1) is 28.9 Å². The smallest absolute Gasteiger partial charge is 0.0805 e. The number of ether oxygens (including phenoxy) is 1. The number of hydrogen-bond acceptors (Lipinski definition) is 2. The Labute approximate surface area is 86.2 Å². The van der Waals surface area contributed by atoms with Gasteiger partial charge >= 0.3 is 0 Å². The highest BCUT2D eigenvalue weighted by Crippen LogP contribution is 2.32. The Hall–Kier alpha value is -0.350. The van der Waals surface area contributed by atoms with Gasteiger partial charge < -0.3 is 4.74 Å². The molecular weight excluding hydrogens is 232 g/mol. The van der Waals surface area contributed by atoms with Gasteiger partial charge in [-0.15, -0.1) is 0 Å². The van der Waals surface area contributed by atoms with E-state index in [1.165, 1.54) is 0 Å². The van der Waals surface area contributed by atoms with Gasteiger partial charge in [-0.3, -0.25) is 4.68 Å². The minimum absolute atomic E-state index is 0.0784. The molecule has 1 aromatic heterocycles. The van der Waals surface area contributed by atoms with Crippen molar-refractivity contribution in [2.45, 2.75) is 38.5 Å². The first-order chi connectivity index (χ1) is 6.05. The summed E-state index contributed by atoms with van der Waals surface area (Å²) in [6.07, 6.45) is 5.21. The van der Waals surface area contributed by atoms with E-state index in [-0.39, 0.29) is 5.60 Å². The summed E-state index contributed by atoms with van der Waals surface area (Å²) in [5.41, 5.74) is 0.0784. The molecule has 2 rings (SSSR count). The van der Waals surface area contributed by atoms with E-state index in [1.807, 2.05) is 10.9 Å². The molecule has 1 aromatic rings. The van der Waals surface area contributed by atoms with Crippen LogP contribution in [0.1, 0.15) is 20.3 Å². The van der Waals surface area contributed by atoms with E-state index < -0.39 is 0 Å². The van der Waals surface area contributed by atoms with E-state index in [4.69, 9.17) is 4.74 Å². The second-order valence-electron chi connectivity index (χ2n) is 4.08. The summed E-state index contributed by atoms with van der Waals surface area (Å²) in [4.78, 5) is 0. The van der Waals surface area contributed by atoms with Crippen LogP contribution >= 0.6 is 15.9 Å². The Kier molecular flexibility index (Phi) is 2.20. The number of nitrogens with zero attached hydrogens (tertiary/aromatic N) is 2. The minimum Gasteiger partial charge on any atom is -0.370 e. The first kappa shape index (κ1) is 9.21. The SMILES string of the molecule is CC1(C)CC(Cn2cc(Br)cn2)O1. The molecule has 0 spiro atoms. The van der Waals surface area contributed by atoms with E-state index in [0.29, 0.717) is 6.10 Å². The lowest BCUT2D eigenvalue weighted by atomic mass is 9.93. The Balaban J connectivity index is 1.87. The summed E-state index contributed by atoms with van der Waals surface area (Å²) < 4.78 is 8.59. The van der Waals surface area contributed by atoms with E-state index >= 15 is 0 Å². The summed E-state index contributed by atoms with van der Waals surface area (Å²) in [6, 6.07) is 0. The number of aromatic nitrogens is 2. The summed E-state index contributed by atoms with van der Waals surface area (Å²) in [6.45, 7) is 5.08. The maximum absolute atomic E-state index is 5.66. The average Bonchev–Trinajstić information content (AvgIpc) is 2.31. The average molecular weight is 245 g/mol. The van der Waals surface area contributed by atoms with Gasteiger partial charge in [0.1, 0.15) is 0 Å². The first-order valence-electron chi connectivity index (χ1n) is 4.41. The molecule has 2 heterocycles. The van der Waals surface area contributed by atoms with Crippen LogP contribution in [0.25, 0.3) is 0 Å². The number of hydrogen-bond donors (Lipinski definition) is 0. The predicted octanol–water partition coefficient (Wildman–Crippen LogP) is 2.21. The van der Waals surface area contributed by atoms with Crippen molar-refractivity contribution in [3.63, 3.8) is 0 Å². The van der Waals surface area contributed by atoms with Crippen molar-refractivity contribution in [1.29, 1.82) is 0 Å². The molecular formula is C9H13BrN2O. The first-order valence-corrected chi connectivity index (χ1v) is 5.20. The van der Waals surface area contributed by atoms with Gasteiger partial charge in [0.15, 0.2) is 0 Å². The molecule has 1 saturated heterocycles. The minimum atomic E-state index is 0.0784. The normalized spacial score (nSPS) is 25.6. The van der Waals surface area contributed by atoms with Gasteiger partial charge in [0.25, 0.3) is 0 Å². The Morgan fingerprint density at radius 2 is 2.46 bits per heavy atom. The van der Waals surface area contributed by atoms with Crippen LogP contribution in [-0.2, 0) is 11.3 Å². The molecule has 13 heavy (non-hydrogen) atoms. The third-order valence-electron chi connectivity index (χ3n) is 2.20. The van der Waals surface area contributed by atoms with E-state index in [2.05, 4.69) is 34.9 Å². The largest absolute Gasteiger partial charge is 0.370 e. The van der Waals surface area contributed by atoms with Gasteiger partial charge in [0.2, 0.25) is 0 Å². The fraction of sp³-hybridized carbons (Fsp3) is 0.667. The fourth-order valence-electron chi connectivity index (χ4n) is 1.74. The van der Waals surface area contributed by atoms with Gasteiger partial charge in [-0.2, -0.15) is 5.10 Å². The highest BCUT2D eigenvalue weighted by Gasteiger charge is 2.37. The van der Waals surface area contributed by atoms with Crippen LogP contribution in [-0.4, -0.2) is 21.5 Å². The molecule has 1 atom stereocenters. The lowest BCUT2D eigenvalue weighted by Gasteiger charge is -2.42. The van der Waals surface area contributed by atoms with Gasteiger partial charge in [-0.1, -0.05) is 0 Å². The van der Waals surface area contributed by atoms with Crippen molar-refractivity contribution >= 4 is 15.9 Å². The van der Waals surface area contributed by atoms with Crippen LogP contribution < -0.4 is 0 Å². The number of halogens is 1. The van der Waals surface area contributed by atoms with Gasteiger partial charge in [-0.25, -0.2) is 0 Å². The third kappa shape index (κ3) is 2.11. The molecule has 4 heteroatoms. The second-order valence-corrected chi connectivity index (χ2v) is 5.00. The van der Waals surface area contributed by atoms with Crippen molar-refractivity contribution < 1.29 is 4.74 Å². The summed E-state index contributed by atoms with van der Waals surface area (Å²) in [5.74, 6) is 0. The topological polar surface area (TPSA) is 27.1 Å². The van der Waals surface area contributed by atoms with Crippen LogP contribution in [0.3, 0.4) is 0 Å². The lowest BCUT2D eigenvalue weighted by molar-refractivity contribution is -0.189. The summed E-state index contributed by atoms with van der Waals surface area (Å²) in [7, 11) is 0.